The Bertz CT molecular complexity index is 651. The number of primary amides is 1. The molecule has 7 heteroatoms. The van der Waals surface area contributed by atoms with Gasteiger partial charge in [-0.25, -0.2) is 4.68 Å². The number of rotatable bonds is 5. The van der Waals surface area contributed by atoms with Crippen LogP contribution in [0.1, 0.15) is 77.5 Å². The smallest absolute Gasteiger partial charge is 0.245 e. The fraction of sp³-hybridized carbons (Fsp3) is 0.778. The van der Waals surface area contributed by atoms with Crippen molar-refractivity contribution in [3.05, 3.63) is 11.9 Å². The number of hydrogen-bond donors (Lipinski definition) is 2. The molecule has 0 aliphatic heterocycles. The highest BCUT2D eigenvalue weighted by atomic mass is 16.2. The molecule has 25 heavy (non-hydrogen) atoms. The van der Waals surface area contributed by atoms with Crippen molar-refractivity contribution in [2.24, 2.45) is 17.1 Å². The molecule has 1 aromatic heterocycles. The number of amides is 2. The first-order chi connectivity index (χ1) is 11.7. The third-order valence-electron chi connectivity index (χ3n) is 5.54. The second-order valence-electron chi connectivity index (χ2n) is 8.58. The number of nitrogens with one attached hydrogen (secondary N) is 1. The van der Waals surface area contributed by atoms with Crippen molar-refractivity contribution in [3.8, 4) is 0 Å². The Hall–Kier alpha value is -1.92. The standard InChI is InChI=1S/C18H29N5O2/c1-17(2,3)16(25)20-14(12-7-5-4-6-8-12)13-11-23(22-21-13)18(9-10-18)15(19)24/h11-12,14H,4-10H2,1-3H3,(H2,19,24)(H,20,25). The lowest BCUT2D eigenvalue weighted by atomic mass is 9.82. The van der Waals surface area contributed by atoms with Gasteiger partial charge in [-0.15, -0.1) is 5.10 Å². The summed E-state index contributed by atoms with van der Waals surface area (Å²) in [5.74, 6) is -0.000477. The van der Waals surface area contributed by atoms with Crippen LogP contribution in [0.3, 0.4) is 0 Å². The van der Waals surface area contributed by atoms with Crippen LogP contribution in [0.25, 0.3) is 0 Å². The van der Waals surface area contributed by atoms with Crippen LogP contribution in [0, 0.1) is 11.3 Å². The van der Waals surface area contributed by atoms with Gasteiger partial charge < -0.3 is 11.1 Å². The van der Waals surface area contributed by atoms with Gasteiger partial charge in [-0.2, -0.15) is 0 Å². The molecule has 2 aliphatic carbocycles. The molecule has 3 N–H and O–H groups in total. The Morgan fingerprint density at radius 2 is 1.92 bits per heavy atom. The van der Waals surface area contributed by atoms with Crippen molar-refractivity contribution in [2.45, 2.75) is 77.3 Å². The predicted molar refractivity (Wildman–Crippen MR) is 93.3 cm³/mol. The maximum atomic E-state index is 12.6. The van der Waals surface area contributed by atoms with E-state index in [0.29, 0.717) is 18.8 Å². The van der Waals surface area contributed by atoms with E-state index >= 15 is 0 Å². The van der Waals surface area contributed by atoms with Gasteiger partial charge in [-0.1, -0.05) is 45.2 Å². The van der Waals surface area contributed by atoms with Gasteiger partial charge >= 0.3 is 0 Å². The molecule has 2 fully saturated rings. The molecular formula is C18H29N5O2. The van der Waals surface area contributed by atoms with Crippen LogP contribution in [-0.2, 0) is 15.1 Å². The average Bonchev–Trinajstić information content (AvgIpc) is 3.24. The molecule has 3 rings (SSSR count). The van der Waals surface area contributed by atoms with Crippen LogP contribution >= 0.6 is 0 Å². The molecule has 0 saturated heterocycles. The van der Waals surface area contributed by atoms with Gasteiger partial charge in [0.05, 0.1) is 12.2 Å². The second kappa shape index (κ2) is 6.42. The number of aromatic nitrogens is 3. The van der Waals surface area contributed by atoms with Crippen LogP contribution in [0.2, 0.25) is 0 Å². The normalized spacial score (nSPS) is 21.6. The summed E-state index contributed by atoms with van der Waals surface area (Å²) in [6.07, 6.45) is 8.94. The number of carbonyl (C=O) groups excluding carboxylic acids is 2. The van der Waals surface area contributed by atoms with Crippen LogP contribution < -0.4 is 11.1 Å². The minimum absolute atomic E-state index is 0.00802. The van der Waals surface area contributed by atoms with E-state index in [4.69, 9.17) is 5.73 Å². The van der Waals surface area contributed by atoms with Crippen LogP contribution in [0.4, 0.5) is 0 Å². The van der Waals surface area contributed by atoms with E-state index in [-0.39, 0.29) is 17.9 Å². The number of nitrogens with zero attached hydrogens (tertiary/aromatic N) is 3. The van der Waals surface area contributed by atoms with Gasteiger partial charge in [0, 0.05) is 5.41 Å². The van der Waals surface area contributed by atoms with Crippen LogP contribution in [0.5, 0.6) is 0 Å². The summed E-state index contributed by atoms with van der Waals surface area (Å²) in [5, 5.41) is 11.7. The van der Waals surface area contributed by atoms with E-state index in [9.17, 15) is 9.59 Å². The van der Waals surface area contributed by atoms with Crippen molar-refractivity contribution < 1.29 is 9.59 Å². The average molecular weight is 347 g/mol. The van der Waals surface area contributed by atoms with Gasteiger partial charge in [0.2, 0.25) is 11.8 Å². The lowest BCUT2D eigenvalue weighted by molar-refractivity contribution is -0.130. The fourth-order valence-electron chi connectivity index (χ4n) is 3.59. The number of hydrogen-bond acceptors (Lipinski definition) is 4. The molecule has 2 saturated carbocycles. The Morgan fingerprint density at radius 1 is 1.28 bits per heavy atom. The largest absolute Gasteiger partial charge is 0.368 e. The molecule has 0 aromatic carbocycles. The van der Waals surface area contributed by atoms with E-state index in [0.717, 1.165) is 18.5 Å². The Balaban J connectivity index is 1.85. The summed E-state index contributed by atoms with van der Waals surface area (Å²) in [4.78, 5) is 24.3. The number of carbonyl (C=O) groups is 2. The van der Waals surface area contributed by atoms with Crippen molar-refractivity contribution in [1.29, 1.82) is 0 Å². The van der Waals surface area contributed by atoms with E-state index in [1.807, 2.05) is 20.8 Å². The molecule has 0 bridgehead atoms. The third-order valence-corrected chi connectivity index (χ3v) is 5.54. The highest BCUT2D eigenvalue weighted by Crippen LogP contribution is 2.43. The lowest BCUT2D eigenvalue weighted by Gasteiger charge is -2.31. The fourth-order valence-corrected chi connectivity index (χ4v) is 3.59. The third kappa shape index (κ3) is 3.55. The number of nitrogens with two attached hydrogens (primary N) is 1. The summed E-state index contributed by atoms with van der Waals surface area (Å²) in [5.41, 5.74) is 5.09. The minimum atomic E-state index is -0.712. The quantitative estimate of drug-likeness (QED) is 0.850. The molecule has 0 spiro atoms. The molecule has 1 atom stereocenters. The molecule has 138 valence electrons. The molecule has 1 unspecified atom stereocenters. The molecule has 1 aromatic rings. The zero-order valence-corrected chi connectivity index (χ0v) is 15.4. The Morgan fingerprint density at radius 3 is 2.44 bits per heavy atom. The highest BCUT2D eigenvalue weighted by Gasteiger charge is 2.52. The van der Waals surface area contributed by atoms with Gasteiger partial charge in [-0.05, 0) is 31.6 Å². The van der Waals surface area contributed by atoms with E-state index in [2.05, 4.69) is 15.6 Å². The topological polar surface area (TPSA) is 103 Å². The van der Waals surface area contributed by atoms with Crippen LogP contribution in [0.15, 0.2) is 6.20 Å². The first-order valence-electron chi connectivity index (χ1n) is 9.28. The molecule has 0 radical (unpaired) electrons. The lowest BCUT2D eigenvalue weighted by Crippen LogP contribution is -2.41. The van der Waals surface area contributed by atoms with E-state index in [1.54, 1.807) is 10.9 Å². The van der Waals surface area contributed by atoms with Crippen LogP contribution in [-0.4, -0.2) is 26.8 Å². The maximum Gasteiger partial charge on any atom is 0.245 e. The summed E-state index contributed by atoms with van der Waals surface area (Å²) in [7, 11) is 0. The zero-order valence-electron chi connectivity index (χ0n) is 15.4. The highest BCUT2D eigenvalue weighted by molar-refractivity contribution is 5.85. The van der Waals surface area contributed by atoms with Crippen molar-refractivity contribution in [2.75, 3.05) is 0 Å². The first-order valence-corrected chi connectivity index (χ1v) is 9.28. The van der Waals surface area contributed by atoms with E-state index < -0.39 is 11.0 Å². The summed E-state index contributed by atoms with van der Waals surface area (Å²) in [6.45, 7) is 5.72. The summed E-state index contributed by atoms with van der Waals surface area (Å²) >= 11 is 0. The maximum absolute atomic E-state index is 12.6. The Labute approximate surface area is 148 Å². The van der Waals surface area contributed by atoms with Gasteiger partial charge in [-0.3, -0.25) is 9.59 Å². The van der Waals surface area contributed by atoms with Crippen molar-refractivity contribution >= 4 is 11.8 Å². The van der Waals surface area contributed by atoms with Gasteiger partial charge in [0.25, 0.3) is 0 Å². The Kier molecular flexibility index (Phi) is 4.60. The predicted octanol–water partition coefficient (Wildman–Crippen LogP) is 2.04. The van der Waals surface area contributed by atoms with Crippen molar-refractivity contribution in [3.63, 3.8) is 0 Å². The monoisotopic (exact) mass is 347 g/mol. The van der Waals surface area contributed by atoms with E-state index in [1.165, 1.54) is 19.3 Å². The van der Waals surface area contributed by atoms with Gasteiger partial charge in [0.1, 0.15) is 11.2 Å². The first kappa shape index (κ1) is 17.9. The summed E-state index contributed by atoms with van der Waals surface area (Å²) in [6, 6.07) is -0.163. The summed E-state index contributed by atoms with van der Waals surface area (Å²) < 4.78 is 1.60. The molecule has 2 amide bonds. The van der Waals surface area contributed by atoms with Crippen molar-refractivity contribution in [1.82, 2.24) is 20.3 Å². The SMILES string of the molecule is CC(C)(C)C(=O)NC(c1cn(C2(C(N)=O)CC2)nn1)C1CCCCC1. The molecule has 7 nitrogen and oxygen atoms in total. The zero-order chi connectivity index (χ0) is 18.2. The minimum Gasteiger partial charge on any atom is -0.368 e. The van der Waals surface area contributed by atoms with Gasteiger partial charge in [0.15, 0.2) is 0 Å². The molecular weight excluding hydrogens is 318 g/mol. The molecule has 1 heterocycles. The second-order valence-corrected chi connectivity index (χ2v) is 8.58. The molecule has 2 aliphatic rings.